The molecule has 0 atom stereocenters. The summed E-state index contributed by atoms with van der Waals surface area (Å²) in [7, 11) is 0. The van der Waals surface area contributed by atoms with E-state index in [1.165, 1.54) is 16.8 Å². The zero-order chi connectivity index (χ0) is 16.2. The van der Waals surface area contributed by atoms with E-state index in [2.05, 4.69) is 41.4 Å². The van der Waals surface area contributed by atoms with E-state index in [1.54, 1.807) is 0 Å². The first kappa shape index (κ1) is 15.4. The lowest BCUT2D eigenvalue weighted by Crippen LogP contribution is -2.50. The van der Waals surface area contributed by atoms with Crippen LogP contribution in [0.25, 0.3) is 0 Å². The van der Waals surface area contributed by atoms with Crippen LogP contribution in [0.3, 0.4) is 0 Å². The molecule has 0 spiro atoms. The lowest BCUT2D eigenvalue weighted by atomic mass is 10.2. The molecule has 4 heteroatoms. The van der Waals surface area contributed by atoms with Crippen molar-refractivity contribution in [2.45, 2.75) is 13.8 Å². The van der Waals surface area contributed by atoms with Crippen LogP contribution in [0, 0.1) is 13.8 Å². The van der Waals surface area contributed by atoms with Crippen LogP contribution in [-0.2, 0) is 0 Å². The minimum Gasteiger partial charge on any atom is -0.368 e. The fourth-order valence-corrected chi connectivity index (χ4v) is 2.76. The Hall–Kier alpha value is -2.49. The molecule has 1 N–H and O–H groups in total. The molecule has 0 aliphatic carbocycles. The predicted molar refractivity (Wildman–Crippen MR) is 95.2 cm³/mol. The second-order valence-electron chi connectivity index (χ2n) is 6.11. The highest BCUT2D eigenvalue weighted by molar-refractivity contribution is 5.89. The molecule has 2 aromatic carbocycles. The van der Waals surface area contributed by atoms with Crippen LogP contribution >= 0.6 is 0 Å². The molecule has 3 rings (SSSR count). The molecule has 0 bridgehead atoms. The number of urea groups is 1. The SMILES string of the molecule is Cc1ccc(NC(=O)N2CCN(c3ccc(C)cc3)CC2)cc1. The summed E-state index contributed by atoms with van der Waals surface area (Å²) < 4.78 is 0. The van der Waals surface area contributed by atoms with Gasteiger partial charge in [-0.25, -0.2) is 4.79 Å². The molecule has 4 nitrogen and oxygen atoms in total. The second kappa shape index (κ2) is 6.73. The molecule has 0 unspecified atom stereocenters. The Bertz CT molecular complexity index is 656. The van der Waals surface area contributed by atoms with E-state index in [9.17, 15) is 4.79 Å². The summed E-state index contributed by atoms with van der Waals surface area (Å²) in [5.74, 6) is 0. The summed E-state index contributed by atoms with van der Waals surface area (Å²) in [6.07, 6.45) is 0. The molecule has 1 fully saturated rings. The van der Waals surface area contributed by atoms with Crippen LogP contribution in [0.5, 0.6) is 0 Å². The zero-order valence-corrected chi connectivity index (χ0v) is 13.7. The molecule has 2 amide bonds. The van der Waals surface area contributed by atoms with Crippen LogP contribution in [0.2, 0.25) is 0 Å². The monoisotopic (exact) mass is 309 g/mol. The predicted octanol–water partition coefficient (Wildman–Crippen LogP) is 3.66. The van der Waals surface area contributed by atoms with Crippen LogP contribution in [0.4, 0.5) is 16.2 Å². The summed E-state index contributed by atoms with van der Waals surface area (Å²) >= 11 is 0. The van der Waals surface area contributed by atoms with Crippen molar-refractivity contribution in [3.63, 3.8) is 0 Å². The normalized spacial score (nSPS) is 14.7. The Morgan fingerprint density at radius 3 is 1.91 bits per heavy atom. The van der Waals surface area contributed by atoms with Gasteiger partial charge in [0.15, 0.2) is 0 Å². The van der Waals surface area contributed by atoms with Crippen LogP contribution in [-0.4, -0.2) is 37.1 Å². The molecule has 1 saturated heterocycles. The summed E-state index contributed by atoms with van der Waals surface area (Å²) in [4.78, 5) is 16.5. The first-order chi connectivity index (χ1) is 11.1. The van der Waals surface area contributed by atoms with Gasteiger partial charge in [0.1, 0.15) is 0 Å². The number of hydrogen-bond donors (Lipinski definition) is 1. The molecule has 1 heterocycles. The number of piperazine rings is 1. The third kappa shape index (κ3) is 3.83. The maximum atomic E-state index is 12.3. The van der Waals surface area contributed by atoms with Gasteiger partial charge in [0.05, 0.1) is 0 Å². The Morgan fingerprint density at radius 1 is 0.826 bits per heavy atom. The Morgan fingerprint density at radius 2 is 1.35 bits per heavy atom. The minimum absolute atomic E-state index is 0.0163. The number of rotatable bonds is 2. The van der Waals surface area contributed by atoms with E-state index in [1.807, 2.05) is 36.1 Å². The molecule has 120 valence electrons. The number of anilines is 2. The van der Waals surface area contributed by atoms with E-state index in [0.717, 1.165) is 31.9 Å². The number of hydrogen-bond acceptors (Lipinski definition) is 2. The quantitative estimate of drug-likeness (QED) is 0.919. The van der Waals surface area contributed by atoms with Crippen molar-refractivity contribution in [2.75, 3.05) is 36.4 Å². The van der Waals surface area contributed by atoms with E-state index < -0.39 is 0 Å². The number of carbonyl (C=O) groups is 1. The van der Waals surface area contributed by atoms with Crippen molar-refractivity contribution in [3.05, 3.63) is 59.7 Å². The standard InChI is InChI=1S/C19H23N3O/c1-15-3-7-17(8-4-15)20-19(23)22-13-11-21(12-14-22)18-9-5-16(2)6-10-18/h3-10H,11-14H2,1-2H3,(H,20,23). The average molecular weight is 309 g/mol. The molecule has 2 aromatic rings. The number of carbonyl (C=O) groups excluding carboxylic acids is 1. The van der Waals surface area contributed by atoms with Crippen molar-refractivity contribution < 1.29 is 4.79 Å². The number of nitrogens with one attached hydrogen (secondary N) is 1. The van der Waals surface area contributed by atoms with E-state index >= 15 is 0 Å². The van der Waals surface area contributed by atoms with E-state index in [-0.39, 0.29) is 6.03 Å². The van der Waals surface area contributed by atoms with Gasteiger partial charge in [-0.05, 0) is 38.1 Å². The van der Waals surface area contributed by atoms with Crippen molar-refractivity contribution in [1.29, 1.82) is 0 Å². The van der Waals surface area contributed by atoms with E-state index in [4.69, 9.17) is 0 Å². The summed E-state index contributed by atoms with van der Waals surface area (Å²) in [5.41, 5.74) is 4.54. The summed E-state index contributed by atoms with van der Waals surface area (Å²) in [6, 6.07) is 16.4. The van der Waals surface area contributed by atoms with Gasteiger partial charge in [-0.15, -0.1) is 0 Å². The first-order valence-corrected chi connectivity index (χ1v) is 8.06. The average Bonchev–Trinajstić information content (AvgIpc) is 2.58. The maximum Gasteiger partial charge on any atom is 0.321 e. The first-order valence-electron chi connectivity index (χ1n) is 8.06. The molecule has 0 aromatic heterocycles. The topological polar surface area (TPSA) is 35.6 Å². The smallest absolute Gasteiger partial charge is 0.321 e. The molecular weight excluding hydrogens is 286 g/mol. The fourth-order valence-electron chi connectivity index (χ4n) is 2.76. The molecule has 23 heavy (non-hydrogen) atoms. The lowest BCUT2D eigenvalue weighted by molar-refractivity contribution is 0.208. The molecule has 0 radical (unpaired) electrons. The van der Waals surface area contributed by atoms with Crippen molar-refractivity contribution in [2.24, 2.45) is 0 Å². The number of nitrogens with zero attached hydrogens (tertiary/aromatic N) is 2. The Kier molecular flexibility index (Phi) is 4.51. The van der Waals surface area contributed by atoms with E-state index in [0.29, 0.717) is 0 Å². The highest BCUT2D eigenvalue weighted by Crippen LogP contribution is 2.17. The molecule has 1 aliphatic rings. The van der Waals surface area contributed by atoms with Crippen LogP contribution in [0.1, 0.15) is 11.1 Å². The minimum atomic E-state index is -0.0163. The third-order valence-corrected chi connectivity index (χ3v) is 4.27. The van der Waals surface area contributed by atoms with Crippen LogP contribution in [0.15, 0.2) is 48.5 Å². The maximum absolute atomic E-state index is 12.3. The zero-order valence-electron chi connectivity index (χ0n) is 13.7. The highest BCUT2D eigenvalue weighted by Gasteiger charge is 2.21. The molecule has 0 saturated carbocycles. The van der Waals surface area contributed by atoms with Gasteiger partial charge in [0.2, 0.25) is 0 Å². The van der Waals surface area contributed by atoms with Crippen LogP contribution < -0.4 is 10.2 Å². The van der Waals surface area contributed by atoms with Gasteiger partial charge >= 0.3 is 6.03 Å². The molecule has 1 aliphatic heterocycles. The van der Waals surface area contributed by atoms with Gasteiger partial charge in [-0.3, -0.25) is 0 Å². The van der Waals surface area contributed by atoms with Crippen molar-refractivity contribution in [3.8, 4) is 0 Å². The summed E-state index contributed by atoms with van der Waals surface area (Å²) in [5, 5.41) is 2.97. The summed E-state index contributed by atoms with van der Waals surface area (Å²) in [6.45, 7) is 7.35. The number of aryl methyl sites for hydroxylation is 2. The van der Waals surface area contributed by atoms with Crippen molar-refractivity contribution >= 4 is 17.4 Å². The number of benzene rings is 2. The van der Waals surface area contributed by atoms with Gasteiger partial charge in [-0.2, -0.15) is 0 Å². The second-order valence-corrected chi connectivity index (χ2v) is 6.11. The molecular formula is C19H23N3O. The lowest BCUT2D eigenvalue weighted by Gasteiger charge is -2.36. The Balaban J connectivity index is 1.54. The third-order valence-electron chi connectivity index (χ3n) is 4.27. The van der Waals surface area contributed by atoms with Gasteiger partial charge < -0.3 is 15.1 Å². The largest absolute Gasteiger partial charge is 0.368 e. The van der Waals surface area contributed by atoms with Gasteiger partial charge in [-0.1, -0.05) is 35.4 Å². The fraction of sp³-hybridized carbons (Fsp3) is 0.316. The number of amides is 2. The highest BCUT2D eigenvalue weighted by atomic mass is 16.2. The van der Waals surface area contributed by atoms with Crippen molar-refractivity contribution in [1.82, 2.24) is 4.90 Å². The van der Waals surface area contributed by atoms with Gasteiger partial charge in [0, 0.05) is 37.6 Å². The Labute approximate surface area is 137 Å². The van der Waals surface area contributed by atoms with Gasteiger partial charge in [0.25, 0.3) is 0 Å².